The predicted octanol–water partition coefficient (Wildman–Crippen LogP) is 2.09. The molecule has 22 heavy (non-hydrogen) atoms. The molecule has 2 aromatic rings. The highest BCUT2D eigenvalue weighted by molar-refractivity contribution is 6.00. The third kappa shape index (κ3) is 2.62. The lowest BCUT2D eigenvalue weighted by atomic mass is 9.84. The van der Waals surface area contributed by atoms with Crippen molar-refractivity contribution in [3.63, 3.8) is 0 Å². The summed E-state index contributed by atoms with van der Waals surface area (Å²) in [6.07, 6.45) is 1.79. The van der Waals surface area contributed by atoms with Crippen LogP contribution < -0.4 is 5.32 Å². The highest BCUT2D eigenvalue weighted by Crippen LogP contribution is 2.33. The van der Waals surface area contributed by atoms with Crippen molar-refractivity contribution in [2.24, 2.45) is 0 Å². The zero-order valence-corrected chi connectivity index (χ0v) is 12.4. The van der Waals surface area contributed by atoms with E-state index >= 15 is 0 Å². The van der Waals surface area contributed by atoms with Crippen molar-refractivity contribution in [3.05, 3.63) is 60.1 Å². The van der Waals surface area contributed by atoms with Gasteiger partial charge in [0.05, 0.1) is 19.2 Å². The summed E-state index contributed by atoms with van der Waals surface area (Å²) < 4.78 is 5.26. The van der Waals surface area contributed by atoms with Crippen LogP contribution in [-0.2, 0) is 22.7 Å². The van der Waals surface area contributed by atoms with Gasteiger partial charge in [0.1, 0.15) is 11.3 Å². The van der Waals surface area contributed by atoms with Gasteiger partial charge in [-0.3, -0.25) is 9.59 Å². The fourth-order valence-electron chi connectivity index (χ4n) is 2.66. The molecule has 1 fully saturated rings. The fourth-order valence-corrected chi connectivity index (χ4v) is 2.66. The number of furan rings is 1. The Morgan fingerprint density at radius 3 is 2.68 bits per heavy atom. The molecule has 114 valence electrons. The maximum absolute atomic E-state index is 12.5. The summed E-state index contributed by atoms with van der Waals surface area (Å²) >= 11 is 0. The number of carbonyl (C=O) groups is 2. The Morgan fingerprint density at radius 1 is 1.27 bits per heavy atom. The van der Waals surface area contributed by atoms with Gasteiger partial charge in [-0.2, -0.15) is 0 Å². The van der Waals surface area contributed by atoms with Crippen LogP contribution in [0.5, 0.6) is 0 Å². The zero-order chi connectivity index (χ0) is 15.6. The third-order valence-electron chi connectivity index (χ3n) is 4.07. The first kappa shape index (κ1) is 14.4. The van der Waals surface area contributed by atoms with E-state index < -0.39 is 5.54 Å². The molecule has 1 saturated heterocycles. The SMILES string of the molecule is CC1(C(=O)NCc2ccccc2)CC(=O)N1Cc1ccco1. The molecule has 1 aromatic heterocycles. The second kappa shape index (κ2) is 5.67. The number of benzene rings is 1. The molecule has 1 unspecified atom stereocenters. The molecule has 5 nitrogen and oxygen atoms in total. The summed E-state index contributed by atoms with van der Waals surface area (Å²) in [6.45, 7) is 2.57. The number of carbonyl (C=O) groups excluding carboxylic acids is 2. The largest absolute Gasteiger partial charge is 0.467 e. The molecule has 0 aliphatic carbocycles. The van der Waals surface area contributed by atoms with E-state index in [0.29, 0.717) is 18.8 Å². The molecule has 0 bridgehead atoms. The van der Waals surface area contributed by atoms with E-state index in [1.165, 1.54) is 0 Å². The molecule has 1 aliphatic heterocycles. The van der Waals surface area contributed by atoms with E-state index in [-0.39, 0.29) is 18.2 Å². The van der Waals surface area contributed by atoms with Gasteiger partial charge in [-0.25, -0.2) is 0 Å². The first-order valence-corrected chi connectivity index (χ1v) is 7.25. The number of hydrogen-bond acceptors (Lipinski definition) is 3. The van der Waals surface area contributed by atoms with Gasteiger partial charge >= 0.3 is 0 Å². The molecule has 1 N–H and O–H groups in total. The Labute approximate surface area is 128 Å². The van der Waals surface area contributed by atoms with Crippen LogP contribution >= 0.6 is 0 Å². The van der Waals surface area contributed by atoms with Crippen molar-refractivity contribution in [1.82, 2.24) is 10.2 Å². The van der Waals surface area contributed by atoms with Gasteiger partial charge in [-0.05, 0) is 24.6 Å². The number of nitrogens with zero attached hydrogens (tertiary/aromatic N) is 1. The number of nitrogens with one attached hydrogen (secondary N) is 1. The minimum Gasteiger partial charge on any atom is -0.467 e. The average molecular weight is 298 g/mol. The van der Waals surface area contributed by atoms with E-state index in [2.05, 4.69) is 5.32 Å². The molecular weight excluding hydrogens is 280 g/mol. The Kier molecular flexibility index (Phi) is 3.71. The summed E-state index contributed by atoms with van der Waals surface area (Å²) in [5.74, 6) is 0.506. The molecule has 1 atom stereocenters. The Balaban J connectivity index is 1.64. The topological polar surface area (TPSA) is 62.6 Å². The number of amides is 2. The molecule has 0 spiro atoms. The maximum atomic E-state index is 12.5. The lowest BCUT2D eigenvalue weighted by Crippen LogP contribution is -2.68. The van der Waals surface area contributed by atoms with Crippen LogP contribution in [0.25, 0.3) is 0 Å². The van der Waals surface area contributed by atoms with E-state index in [4.69, 9.17) is 4.42 Å². The summed E-state index contributed by atoms with van der Waals surface area (Å²) in [4.78, 5) is 25.9. The second-order valence-electron chi connectivity index (χ2n) is 5.68. The Bertz CT molecular complexity index is 666. The van der Waals surface area contributed by atoms with Gasteiger partial charge < -0.3 is 14.6 Å². The molecule has 0 saturated carbocycles. The molecule has 2 heterocycles. The molecular formula is C17H18N2O3. The summed E-state index contributed by atoms with van der Waals surface area (Å²) in [5.41, 5.74) is 0.223. The second-order valence-corrected chi connectivity index (χ2v) is 5.68. The van der Waals surface area contributed by atoms with Crippen molar-refractivity contribution >= 4 is 11.8 Å². The smallest absolute Gasteiger partial charge is 0.246 e. The zero-order valence-electron chi connectivity index (χ0n) is 12.4. The van der Waals surface area contributed by atoms with Gasteiger partial charge in [0, 0.05) is 6.54 Å². The standard InChI is InChI=1S/C17H18N2O3/c1-17(16(21)18-11-13-6-3-2-4-7-13)10-15(20)19(17)12-14-8-5-9-22-14/h2-9H,10-12H2,1H3,(H,18,21). The average Bonchev–Trinajstić information content (AvgIpc) is 3.04. The van der Waals surface area contributed by atoms with Crippen LogP contribution in [0, 0.1) is 0 Å². The molecule has 1 aliphatic rings. The van der Waals surface area contributed by atoms with Crippen LogP contribution in [-0.4, -0.2) is 22.3 Å². The van der Waals surface area contributed by atoms with Crippen molar-refractivity contribution in [2.45, 2.75) is 32.0 Å². The Morgan fingerprint density at radius 2 is 2.05 bits per heavy atom. The highest BCUT2D eigenvalue weighted by atomic mass is 16.3. The van der Waals surface area contributed by atoms with Crippen molar-refractivity contribution < 1.29 is 14.0 Å². The normalized spacial score (nSPS) is 20.6. The van der Waals surface area contributed by atoms with Gasteiger partial charge in [0.25, 0.3) is 0 Å². The summed E-state index contributed by atoms with van der Waals surface area (Å²) in [7, 11) is 0. The Hall–Kier alpha value is -2.56. The van der Waals surface area contributed by atoms with Crippen molar-refractivity contribution in [2.75, 3.05) is 0 Å². The van der Waals surface area contributed by atoms with Gasteiger partial charge in [-0.15, -0.1) is 0 Å². The van der Waals surface area contributed by atoms with Crippen LogP contribution in [0.15, 0.2) is 53.1 Å². The number of rotatable bonds is 5. The van der Waals surface area contributed by atoms with E-state index in [1.807, 2.05) is 30.3 Å². The lowest BCUT2D eigenvalue weighted by Gasteiger charge is -2.47. The molecule has 5 heteroatoms. The fraction of sp³-hybridized carbons (Fsp3) is 0.294. The number of hydrogen-bond donors (Lipinski definition) is 1. The summed E-state index contributed by atoms with van der Waals surface area (Å²) in [6, 6.07) is 13.3. The van der Waals surface area contributed by atoms with Crippen molar-refractivity contribution in [3.8, 4) is 0 Å². The first-order chi connectivity index (χ1) is 10.6. The predicted molar refractivity (Wildman–Crippen MR) is 80.6 cm³/mol. The van der Waals surface area contributed by atoms with E-state index in [9.17, 15) is 9.59 Å². The molecule has 0 radical (unpaired) electrons. The van der Waals surface area contributed by atoms with Gasteiger partial charge in [-0.1, -0.05) is 30.3 Å². The monoisotopic (exact) mass is 298 g/mol. The minimum atomic E-state index is -0.807. The molecule has 3 rings (SSSR count). The van der Waals surface area contributed by atoms with Crippen molar-refractivity contribution in [1.29, 1.82) is 0 Å². The number of likely N-dealkylation sites (tertiary alicyclic amines) is 1. The van der Waals surface area contributed by atoms with Crippen LogP contribution in [0.1, 0.15) is 24.7 Å². The third-order valence-corrected chi connectivity index (χ3v) is 4.07. The van der Waals surface area contributed by atoms with Crippen LogP contribution in [0.4, 0.5) is 0 Å². The minimum absolute atomic E-state index is 0.0336. The first-order valence-electron chi connectivity index (χ1n) is 7.25. The maximum Gasteiger partial charge on any atom is 0.246 e. The van der Waals surface area contributed by atoms with E-state index in [1.54, 1.807) is 30.2 Å². The molecule has 2 amide bonds. The number of β-lactam (4-membered cyclic amide) rings is 1. The van der Waals surface area contributed by atoms with Crippen LogP contribution in [0.3, 0.4) is 0 Å². The van der Waals surface area contributed by atoms with Gasteiger partial charge in [0.2, 0.25) is 11.8 Å². The lowest BCUT2D eigenvalue weighted by molar-refractivity contribution is -0.166. The highest BCUT2D eigenvalue weighted by Gasteiger charge is 2.52. The quantitative estimate of drug-likeness (QED) is 0.860. The van der Waals surface area contributed by atoms with E-state index in [0.717, 1.165) is 5.56 Å². The van der Waals surface area contributed by atoms with Gasteiger partial charge in [0.15, 0.2) is 0 Å². The molecule has 1 aromatic carbocycles. The summed E-state index contributed by atoms with van der Waals surface area (Å²) in [5, 5.41) is 2.91. The van der Waals surface area contributed by atoms with Crippen LogP contribution in [0.2, 0.25) is 0 Å².